The monoisotopic (exact) mass is 453 g/mol. The first-order valence-electron chi connectivity index (χ1n) is 11.6. The molecule has 176 valence electrons. The van der Waals surface area contributed by atoms with Crippen LogP contribution in [0.25, 0.3) is 11.1 Å². The van der Waals surface area contributed by atoms with Crippen LogP contribution in [0.3, 0.4) is 0 Å². The maximum Gasteiger partial charge on any atom is 0.307 e. The van der Waals surface area contributed by atoms with Gasteiger partial charge in [0.25, 0.3) is 0 Å². The molecule has 6 nitrogen and oxygen atoms in total. The molecule has 1 N–H and O–H groups in total. The van der Waals surface area contributed by atoms with E-state index in [2.05, 4.69) is 40.9 Å². The third-order valence-corrected chi connectivity index (χ3v) is 6.81. The topological polar surface area (TPSA) is 75.6 Å². The van der Waals surface area contributed by atoms with Crippen molar-refractivity contribution in [2.75, 3.05) is 24.6 Å². The van der Waals surface area contributed by atoms with Gasteiger partial charge in [-0.15, -0.1) is 0 Å². The van der Waals surface area contributed by atoms with Gasteiger partial charge in [-0.25, -0.2) is 9.37 Å². The van der Waals surface area contributed by atoms with Crippen molar-refractivity contribution in [3.05, 3.63) is 47.7 Å². The van der Waals surface area contributed by atoms with Crippen molar-refractivity contribution in [2.45, 2.75) is 52.9 Å². The Morgan fingerprint density at radius 1 is 1.21 bits per heavy atom. The van der Waals surface area contributed by atoms with Crippen molar-refractivity contribution in [3.63, 3.8) is 0 Å². The molecule has 0 atom stereocenters. The molecule has 0 spiro atoms. The number of hydrogen-bond donors (Lipinski definition) is 1. The first-order valence-corrected chi connectivity index (χ1v) is 11.6. The molecule has 33 heavy (non-hydrogen) atoms. The van der Waals surface area contributed by atoms with Gasteiger partial charge in [0.15, 0.2) is 5.82 Å². The zero-order chi connectivity index (χ0) is 23.6. The number of rotatable bonds is 7. The predicted molar refractivity (Wildman–Crippen MR) is 126 cm³/mol. The number of halogens is 1. The van der Waals surface area contributed by atoms with Gasteiger partial charge in [0.2, 0.25) is 5.88 Å². The summed E-state index contributed by atoms with van der Waals surface area (Å²) in [6.45, 7) is 8.37. The Labute approximate surface area is 194 Å². The summed E-state index contributed by atoms with van der Waals surface area (Å²) >= 11 is 0. The third kappa shape index (κ3) is 5.34. The van der Waals surface area contributed by atoms with E-state index in [4.69, 9.17) is 4.74 Å². The second kappa shape index (κ2) is 9.49. The first-order chi connectivity index (χ1) is 15.7. The maximum absolute atomic E-state index is 14.9. The summed E-state index contributed by atoms with van der Waals surface area (Å²) in [5, 5.41) is 9.55. The van der Waals surface area contributed by atoms with Gasteiger partial charge in [-0.3, -0.25) is 9.78 Å². The zero-order valence-electron chi connectivity index (χ0n) is 19.6. The number of nitrogens with zero attached hydrogens (tertiary/aromatic N) is 3. The van der Waals surface area contributed by atoms with Gasteiger partial charge in [-0.05, 0) is 50.0 Å². The molecule has 4 rings (SSSR count). The van der Waals surface area contributed by atoms with E-state index in [0.717, 1.165) is 44.5 Å². The molecule has 0 saturated carbocycles. The molecule has 0 bridgehead atoms. The van der Waals surface area contributed by atoms with E-state index < -0.39 is 11.8 Å². The number of carboxylic acid groups (broad SMARTS) is 1. The van der Waals surface area contributed by atoms with Gasteiger partial charge in [0.05, 0.1) is 18.7 Å². The van der Waals surface area contributed by atoms with E-state index in [-0.39, 0.29) is 17.7 Å². The van der Waals surface area contributed by atoms with Crippen molar-refractivity contribution in [2.24, 2.45) is 11.3 Å². The van der Waals surface area contributed by atoms with E-state index in [1.807, 2.05) is 6.92 Å². The number of piperidine rings is 1. The second-order valence-corrected chi connectivity index (χ2v) is 9.94. The van der Waals surface area contributed by atoms with E-state index in [1.165, 1.54) is 6.07 Å². The molecule has 1 saturated heterocycles. The van der Waals surface area contributed by atoms with Crippen LogP contribution in [-0.2, 0) is 11.2 Å². The van der Waals surface area contributed by atoms with Crippen LogP contribution in [0.15, 0.2) is 30.6 Å². The Hall–Kier alpha value is -2.96. The van der Waals surface area contributed by atoms with Gasteiger partial charge in [0, 0.05) is 47.9 Å². The minimum atomic E-state index is -0.912. The lowest BCUT2D eigenvalue weighted by Gasteiger charge is -2.40. The number of aryl methyl sites for hydroxylation is 1. The molecule has 1 fully saturated rings. The maximum atomic E-state index is 14.9. The van der Waals surface area contributed by atoms with Crippen LogP contribution in [-0.4, -0.2) is 40.7 Å². The predicted octanol–water partition coefficient (Wildman–Crippen LogP) is 5.19. The molecule has 0 radical (unpaired) electrons. The number of aliphatic carboxylic acids is 1. The fraction of sp³-hybridized carbons (Fsp3) is 0.500. The Kier molecular flexibility index (Phi) is 6.68. The zero-order valence-corrected chi connectivity index (χ0v) is 19.6. The minimum Gasteiger partial charge on any atom is -0.481 e. The summed E-state index contributed by atoms with van der Waals surface area (Å²) < 4.78 is 20.6. The lowest BCUT2D eigenvalue weighted by Crippen LogP contribution is -2.38. The molecule has 0 aromatic carbocycles. The van der Waals surface area contributed by atoms with Crippen molar-refractivity contribution in [3.8, 4) is 17.0 Å². The summed E-state index contributed by atoms with van der Waals surface area (Å²) in [5.74, 6) is -1.08. The van der Waals surface area contributed by atoms with Crippen LogP contribution in [0.1, 0.15) is 50.8 Å². The van der Waals surface area contributed by atoms with Gasteiger partial charge >= 0.3 is 5.97 Å². The second-order valence-electron chi connectivity index (χ2n) is 9.94. The van der Waals surface area contributed by atoms with E-state index in [1.54, 1.807) is 12.4 Å². The summed E-state index contributed by atoms with van der Waals surface area (Å²) in [4.78, 5) is 22.6. The molecular formula is C26H32FN3O3. The number of aromatic nitrogens is 2. The third-order valence-electron chi connectivity index (χ3n) is 6.81. The quantitative estimate of drug-likeness (QED) is 0.582. The van der Waals surface area contributed by atoms with Crippen LogP contribution >= 0.6 is 0 Å². The summed E-state index contributed by atoms with van der Waals surface area (Å²) in [7, 11) is 0. The van der Waals surface area contributed by atoms with Gasteiger partial charge < -0.3 is 14.7 Å². The normalized spacial score (nSPS) is 18.0. The van der Waals surface area contributed by atoms with Crippen LogP contribution in [0.4, 0.5) is 10.1 Å². The summed E-state index contributed by atoms with van der Waals surface area (Å²) in [6.07, 6.45) is 11.3. The highest BCUT2D eigenvalue weighted by molar-refractivity contribution is 5.84. The number of carbonyl (C=O) groups is 1. The first kappa shape index (κ1) is 23.2. The van der Waals surface area contributed by atoms with Crippen LogP contribution in [0.2, 0.25) is 0 Å². The molecule has 1 aliphatic carbocycles. The molecule has 0 unspecified atom stereocenters. The van der Waals surface area contributed by atoms with Crippen LogP contribution in [0.5, 0.6) is 5.88 Å². The average Bonchev–Trinajstić information content (AvgIpc) is 3.28. The Bertz CT molecular complexity index is 1050. The van der Waals surface area contributed by atoms with Crippen molar-refractivity contribution >= 4 is 11.7 Å². The number of allylic oxidation sites excluding steroid dienone is 2. The lowest BCUT2D eigenvalue weighted by atomic mass is 9.82. The Morgan fingerprint density at radius 2 is 1.91 bits per heavy atom. The molecule has 7 heteroatoms. The van der Waals surface area contributed by atoms with Crippen molar-refractivity contribution < 1.29 is 19.0 Å². The highest BCUT2D eigenvalue weighted by Crippen LogP contribution is 2.40. The van der Waals surface area contributed by atoms with E-state index >= 15 is 0 Å². The standard InChI is InChI=1S/C26H32FN3O3/c1-17-20(13-23(31)32)24(30-10-8-26(2,3)9-11-30)21(15-28-17)19-12-22(27)25(29-14-19)33-16-18-6-4-5-7-18/h4-5,12,14-15,18H,6-11,13,16H2,1-3H3,(H,31,32). The molecule has 3 heterocycles. The SMILES string of the molecule is Cc1ncc(-c2cnc(OCC3CC=CC3)c(F)c2)c(N2CCC(C)(C)CC2)c1CC(=O)O. The summed E-state index contributed by atoms with van der Waals surface area (Å²) in [5.41, 5.74) is 3.70. The fourth-order valence-electron chi connectivity index (χ4n) is 4.59. The fourth-order valence-corrected chi connectivity index (χ4v) is 4.59. The number of pyridine rings is 2. The van der Waals surface area contributed by atoms with Gasteiger partial charge in [0.1, 0.15) is 0 Å². The molecule has 2 aromatic rings. The van der Waals surface area contributed by atoms with Crippen LogP contribution in [0, 0.1) is 24.1 Å². The number of ether oxygens (including phenoxy) is 1. The highest BCUT2D eigenvalue weighted by Gasteiger charge is 2.29. The van der Waals surface area contributed by atoms with Gasteiger partial charge in [-0.2, -0.15) is 0 Å². The molecular weight excluding hydrogens is 421 g/mol. The van der Waals surface area contributed by atoms with E-state index in [0.29, 0.717) is 34.9 Å². The van der Waals surface area contributed by atoms with Gasteiger partial charge in [-0.1, -0.05) is 26.0 Å². The lowest BCUT2D eigenvalue weighted by molar-refractivity contribution is -0.136. The smallest absolute Gasteiger partial charge is 0.307 e. The Morgan fingerprint density at radius 3 is 2.55 bits per heavy atom. The van der Waals surface area contributed by atoms with E-state index in [9.17, 15) is 14.3 Å². The number of anilines is 1. The van der Waals surface area contributed by atoms with Crippen molar-refractivity contribution in [1.82, 2.24) is 9.97 Å². The van der Waals surface area contributed by atoms with Crippen LogP contribution < -0.4 is 9.64 Å². The number of hydrogen-bond acceptors (Lipinski definition) is 5. The Balaban J connectivity index is 1.67. The largest absolute Gasteiger partial charge is 0.481 e. The average molecular weight is 454 g/mol. The van der Waals surface area contributed by atoms with Crippen molar-refractivity contribution in [1.29, 1.82) is 0 Å². The minimum absolute atomic E-state index is 0.00208. The summed E-state index contributed by atoms with van der Waals surface area (Å²) in [6, 6.07) is 1.42. The molecule has 2 aliphatic rings. The molecule has 0 amide bonds. The molecule has 1 aliphatic heterocycles. The highest BCUT2D eigenvalue weighted by atomic mass is 19.1. The molecule has 2 aromatic heterocycles. The number of carboxylic acids is 1.